The van der Waals surface area contributed by atoms with Gasteiger partial charge in [0.05, 0.1) is 24.2 Å². The maximum atomic E-state index is 12.2. The Morgan fingerprint density at radius 2 is 1.88 bits per heavy atom. The van der Waals surface area contributed by atoms with E-state index in [-0.39, 0.29) is 29.3 Å². The summed E-state index contributed by atoms with van der Waals surface area (Å²) in [7, 11) is 0. The van der Waals surface area contributed by atoms with Crippen molar-refractivity contribution in [1.82, 2.24) is 0 Å². The first kappa shape index (κ1) is 16.4. The molecule has 0 aromatic rings. The molecule has 2 aliphatic heterocycles. The second-order valence-corrected chi connectivity index (χ2v) is 11.0. The highest BCUT2D eigenvalue weighted by Gasteiger charge is 2.70. The largest absolute Gasteiger partial charge is 0.459 e. The molecular formula is C22H32O4. The molecule has 0 aromatic heterocycles. The molecule has 1 N–H and O–H groups in total. The predicted octanol–water partition coefficient (Wildman–Crippen LogP) is 3.16. The molecule has 12 atom stereocenters. The molecule has 0 radical (unpaired) electrons. The SMILES string of the molecule is C[C@@H]1C(=O)O[C@H]2[C@H](O)[C@H]3[C@@H]4CC[C@H]5C[C@@H]6O[C@@H]6C[C@]5(C)[C@H]4CC[C@]3(C)[C@H]21. The minimum Gasteiger partial charge on any atom is -0.459 e. The number of carbonyl (C=O) groups excluding carboxylic acids is 1. The lowest BCUT2D eigenvalue weighted by atomic mass is 9.44. The van der Waals surface area contributed by atoms with Gasteiger partial charge in [-0.3, -0.25) is 4.79 Å². The van der Waals surface area contributed by atoms with Crippen LogP contribution in [0.5, 0.6) is 0 Å². The molecule has 0 unspecified atom stereocenters. The summed E-state index contributed by atoms with van der Waals surface area (Å²) in [5.41, 5.74) is 0.426. The molecule has 26 heavy (non-hydrogen) atoms. The Balaban J connectivity index is 1.36. The van der Waals surface area contributed by atoms with Crippen molar-refractivity contribution in [2.75, 3.05) is 0 Å². The zero-order valence-corrected chi connectivity index (χ0v) is 16.2. The maximum Gasteiger partial charge on any atom is 0.309 e. The van der Waals surface area contributed by atoms with E-state index in [9.17, 15) is 9.90 Å². The van der Waals surface area contributed by atoms with Crippen molar-refractivity contribution in [2.45, 2.75) is 83.7 Å². The van der Waals surface area contributed by atoms with E-state index < -0.39 is 6.10 Å². The predicted molar refractivity (Wildman–Crippen MR) is 95.1 cm³/mol. The number of hydrogen-bond acceptors (Lipinski definition) is 4. The lowest BCUT2D eigenvalue weighted by Crippen LogP contribution is -2.55. The van der Waals surface area contributed by atoms with Crippen LogP contribution < -0.4 is 0 Å². The summed E-state index contributed by atoms with van der Waals surface area (Å²) in [4.78, 5) is 12.2. The van der Waals surface area contributed by atoms with Crippen LogP contribution in [0.15, 0.2) is 0 Å². The number of hydrogen-bond donors (Lipinski definition) is 1. The molecule has 2 saturated heterocycles. The van der Waals surface area contributed by atoms with Crippen LogP contribution >= 0.6 is 0 Å². The summed E-state index contributed by atoms with van der Waals surface area (Å²) in [5.74, 6) is 2.41. The van der Waals surface area contributed by atoms with Crippen molar-refractivity contribution < 1.29 is 19.4 Å². The maximum absolute atomic E-state index is 12.2. The molecule has 0 bridgehead atoms. The number of carbonyl (C=O) groups is 1. The van der Waals surface area contributed by atoms with Crippen molar-refractivity contribution in [3.05, 3.63) is 0 Å². The van der Waals surface area contributed by atoms with Gasteiger partial charge < -0.3 is 14.6 Å². The standard InChI is InChI=1S/C22H32O4/c1-10-16-19(26-20(10)24)18(23)17-12-5-4-11-8-14-15(25-14)9-22(11,3)13(12)6-7-21(16,17)2/h10-19,23H,4-9H2,1-3H3/t10-,11-,12+,13-,14-,15+,16-,17+,18+,19+,21+,22-/m0/s1. The topological polar surface area (TPSA) is 59.1 Å². The van der Waals surface area contributed by atoms with Crippen LogP contribution in [-0.2, 0) is 14.3 Å². The summed E-state index contributed by atoms with van der Waals surface area (Å²) in [6, 6.07) is 0. The van der Waals surface area contributed by atoms with Crippen molar-refractivity contribution in [2.24, 2.45) is 46.3 Å². The highest BCUT2D eigenvalue weighted by atomic mass is 16.6. The van der Waals surface area contributed by atoms with Crippen molar-refractivity contribution in [1.29, 1.82) is 0 Å². The summed E-state index contributed by atoms with van der Waals surface area (Å²) >= 11 is 0. The van der Waals surface area contributed by atoms with E-state index in [1.165, 1.54) is 32.1 Å². The van der Waals surface area contributed by atoms with Crippen LogP contribution in [0.2, 0.25) is 0 Å². The average Bonchev–Trinajstić information content (AvgIpc) is 3.21. The molecule has 6 fully saturated rings. The molecule has 6 rings (SSSR count). The Labute approximate surface area is 156 Å². The zero-order valence-electron chi connectivity index (χ0n) is 16.2. The number of fused-ring (bicyclic) bond motifs is 8. The lowest BCUT2D eigenvalue weighted by Gasteiger charge is -2.60. The first-order valence-corrected chi connectivity index (χ1v) is 10.9. The molecule has 144 valence electrons. The van der Waals surface area contributed by atoms with Gasteiger partial charge in [-0.15, -0.1) is 0 Å². The van der Waals surface area contributed by atoms with E-state index in [4.69, 9.17) is 9.47 Å². The first-order valence-electron chi connectivity index (χ1n) is 10.9. The smallest absolute Gasteiger partial charge is 0.309 e. The van der Waals surface area contributed by atoms with E-state index in [0.717, 1.165) is 12.3 Å². The van der Waals surface area contributed by atoms with Gasteiger partial charge in [0.2, 0.25) is 0 Å². The quantitative estimate of drug-likeness (QED) is 0.532. The molecule has 4 saturated carbocycles. The van der Waals surface area contributed by atoms with E-state index in [1.807, 2.05) is 6.92 Å². The number of aliphatic hydroxyl groups is 1. The fraction of sp³-hybridized carbons (Fsp3) is 0.955. The fourth-order valence-electron chi connectivity index (χ4n) is 9.01. The molecule has 4 aliphatic carbocycles. The Morgan fingerprint density at radius 1 is 1.08 bits per heavy atom. The van der Waals surface area contributed by atoms with Crippen molar-refractivity contribution >= 4 is 5.97 Å². The van der Waals surface area contributed by atoms with E-state index in [1.54, 1.807) is 0 Å². The van der Waals surface area contributed by atoms with Gasteiger partial charge in [0.1, 0.15) is 6.10 Å². The third kappa shape index (κ3) is 1.77. The van der Waals surface area contributed by atoms with Gasteiger partial charge in [0, 0.05) is 5.92 Å². The van der Waals surface area contributed by atoms with Gasteiger partial charge in [-0.05, 0) is 73.0 Å². The number of ether oxygens (including phenoxy) is 2. The molecule has 6 aliphatic rings. The first-order chi connectivity index (χ1) is 12.3. The fourth-order valence-corrected chi connectivity index (χ4v) is 9.01. The average molecular weight is 360 g/mol. The Kier molecular flexibility index (Phi) is 3.06. The highest BCUT2D eigenvalue weighted by Crippen LogP contribution is 2.70. The van der Waals surface area contributed by atoms with Gasteiger partial charge in [-0.1, -0.05) is 20.8 Å². The van der Waals surface area contributed by atoms with E-state index in [0.29, 0.717) is 35.4 Å². The zero-order chi connectivity index (χ0) is 18.0. The second kappa shape index (κ2) is 4.86. The van der Waals surface area contributed by atoms with Crippen LogP contribution in [-0.4, -0.2) is 35.5 Å². The summed E-state index contributed by atoms with van der Waals surface area (Å²) in [5, 5.41) is 11.3. The van der Waals surface area contributed by atoms with E-state index in [2.05, 4.69) is 13.8 Å². The number of esters is 1. The van der Waals surface area contributed by atoms with Crippen molar-refractivity contribution in [3.63, 3.8) is 0 Å². The Hall–Kier alpha value is -0.610. The van der Waals surface area contributed by atoms with Gasteiger partial charge in [0.25, 0.3) is 0 Å². The minimum atomic E-state index is -0.472. The monoisotopic (exact) mass is 360 g/mol. The number of aliphatic hydroxyl groups excluding tert-OH is 1. The Morgan fingerprint density at radius 3 is 2.69 bits per heavy atom. The van der Waals surface area contributed by atoms with Crippen LogP contribution in [0.1, 0.15) is 59.3 Å². The third-order valence-corrected chi connectivity index (χ3v) is 10.2. The van der Waals surface area contributed by atoms with Gasteiger partial charge in [-0.2, -0.15) is 0 Å². The lowest BCUT2D eigenvalue weighted by molar-refractivity contribution is -0.156. The normalized spacial score (nSPS) is 65.3. The summed E-state index contributed by atoms with van der Waals surface area (Å²) in [6.45, 7) is 6.90. The van der Waals surface area contributed by atoms with Gasteiger partial charge in [0.15, 0.2) is 0 Å². The van der Waals surface area contributed by atoms with Crippen molar-refractivity contribution in [3.8, 4) is 0 Å². The molecule has 4 heteroatoms. The van der Waals surface area contributed by atoms with Crippen LogP contribution in [0.4, 0.5) is 0 Å². The van der Waals surface area contributed by atoms with E-state index >= 15 is 0 Å². The Bertz CT molecular complexity index is 663. The highest BCUT2D eigenvalue weighted by molar-refractivity contribution is 5.75. The second-order valence-electron chi connectivity index (χ2n) is 11.0. The summed E-state index contributed by atoms with van der Waals surface area (Å²) < 4.78 is 11.6. The van der Waals surface area contributed by atoms with Crippen LogP contribution in [0, 0.1) is 46.3 Å². The molecular weight excluding hydrogens is 328 g/mol. The number of epoxide rings is 1. The molecule has 2 heterocycles. The third-order valence-electron chi connectivity index (χ3n) is 10.2. The molecule has 4 nitrogen and oxygen atoms in total. The summed E-state index contributed by atoms with van der Waals surface area (Å²) in [6.07, 6.45) is 7.71. The minimum absolute atomic E-state index is 0.0489. The number of rotatable bonds is 0. The van der Waals surface area contributed by atoms with Crippen LogP contribution in [0.25, 0.3) is 0 Å². The molecule has 0 spiro atoms. The van der Waals surface area contributed by atoms with Crippen LogP contribution in [0.3, 0.4) is 0 Å². The molecule has 0 amide bonds. The van der Waals surface area contributed by atoms with Gasteiger partial charge >= 0.3 is 5.97 Å². The van der Waals surface area contributed by atoms with Gasteiger partial charge in [-0.25, -0.2) is 0 Å². The molecule has 0 aromatic carbocycles.